The van der Waals surface area contributed by atoms with Crippen molar-refractivity contribution >= 4 is 31.9 Å². The molecular weight excluding hydrogens is 363 g/mol. The van der Waals surface area contributed by atoms with Crippen LogP contribution in [0.25, 0.3) is 0 Å². The summed E-state index contributed by atoms with van der Waals surface area (Å²) < 4.78 is 36.3. The SMILES string of the molecule is CC(NC(=O)c1cc(F)c(Br)c(S(N)(=O)=O)c1)C1CCC1. The number of hydrogen-bond acceptors (Lipinski definition) is 3. The number of halogens is 2. The van der Waals surface area contributed by atoms with Gasteiger partial charge >= 0.3 is 0 Å². The van der Waals surface area contributed by atoms with Crippen molar-refractivity contribution in [2.75, 3.05) is 0 Å². The summed E-state index contributed by atoms with van der Waals surface area (Å²) >= 11 is 2.83. The van der Waals surface area contributed by atoms with Crippen LogP contribution in [0.15, 0.2) is 21.5 Å². The molecule has 1 aromatic carbocycles. The Morgan fingerprint density at radius 2 is 2.10 bits per heavy atom. The van der Waals surface area contributed by atoms with E-state index in [1.807, 2.05) is 6.92 Å². The fourth-order valence-electron chi connectivity index (χ4n) is 2.25. The monoisotopic (exact) mass is 378 g/mol. The third kappa shape index (κ3) is 3.61. The van der Waals surface area contributed by atoms with Gasteiger partial charge in [-0.2, -0.15) is 0 Å². The van der Waals surface area contributed by atoms with Crippen molar-refractivity contribution in [3.8, 4) is 0 Å². The first-order valence-corrected chi connectivity index (χ1v) is 8.87. The summed E-state index contributed by atoms with van der Waals surface area (Å²) in [7, 11) is -4.12. The van der Waals surface area contributed by atoms with Crippen molar-refractivity contribution < 1.29 is 17.6 Å². The Balaban J connectivity index is 2.27. The fraction of sp³-hybridized carbons (Fsp3) is 0.462. The third-order valence-electron chi connectivity index (χ3n) is 3.78. The van der Waals surface area contributed by atoms with Crippen LogP contribution in [0.4, 0.5) is 4.39 Å². The minimum Gasteiger partial charge on any atom is -0.349 e. The number of sulfonamides is 1. The van der Waals surface area contributed by atoms with Gasteiger partial charge in [-0.25, -0.2) is 17.9 Å². The standard InChI is InChI=1S/C13H16BrFN2O3S/c1-7(8-3-2-4-8)17-13(18)9-5-10(15)12(14)11(6-9)21(16,19)20/h5-8H,2-4H2,1H3,(H,17,18)(H2,16,19,20). The van der Waals surface area contributed by atoms with Gasteiger partial charge in [0.1, 0.15) is 5.82 Å². The van der Waals surface area contributed by atoms with Crippen LogP contribution >= 0.6 is 15.9 Å². The molecule has 1 fully saturated rings. The van der Waals surface area contributed by atoms with E-state index in [2.05, 4.69) is 21.2 Å². The number of nitrogens with two attached hydrogens (primary N) is 1. The number of rotatable bonds is 4. The average molecular weight is 379 g/mol. The Morgan fingerprint density at radius 1 is 1.48 bits per heavy atom. The zero-order chi connectivity index (χ0) is 15.8. The molecule has 1 aliphatic rings. The Morgan fingerprint density at radius 3 is 2.57 bits per heavy atom. The molecular formula is C13H16BrFN2O3S. The maximum absolute atomic E-state index is 13.8. The molecule has 0 radical (unpaired) electrons. The van der Waals surface area contributed by atoms with Crippen LogP contribution in [0, 0.1) is 11.7 Å². The molecule has 1 aromatic rings. The summed E-state index contributed by atoms with van der Waals surface area (Å²) in [6.07, 6.45) is 3.25. The van der Waals surface area contributed by atoms with Crippen LogP contribution in [0.2, 0.25) is 0 Å². The van der Waals surface area contributed by atoms with Crippen LogP contribution in [0.5, 0.6) is 0 Å². The fourth-order valence-corrected chi connectivity index (χ4v) is 3.79. The quantitative estimate of drug-likeness (QED) is 0.840. The van der Waals surface area contributed by atoms with Gasteiger partial charge in [0, 0.05) is 11.6 Å². The number of carbonyl (C=O) groups is 1. The lowest BCUT2D eigenvalue weighted by atomic mass is 9.80. The van der Waals surface area contributed by atoms with E-state index in [0.717, 1.165) is 31.4 Å². The first-order chi connectivity index (χ1) is 9.70. The van der Waals surface area contributed by atoms with Gasteiger partial charge in [0.05, 0.1) is 9.37 Å². The predicted molar refractivity (Wildman–Crippen MR) is 79.7 cm³/mol. The molecule has 3 N–H and O–H groups in total. The van der Waals surface area contributed by atoms with Gasteiger partial charge in [0.25, 0.3) is 5.91 Å². The summed E-state index contributed by atoms with van der Waals surface area (Å²) in [4.78, 5) is 11.7. The molecule has 1 unspecified atom stereocenters. The summed E-state index contributed by atoms with van der Waals surface area (Å²) in [6.45, 7) is 1.89. The molecule has 0 bridgehead atoms. The molecule has 0 heterocycles. The van der Waals surface area contributed by atoms with Gasteiger partial charge < -0.3 is 5.32 Å². The van der Waals surface area contributed by atoms with Crippen molar-refractivity contribution in [2.45, 2.75) is 37.1 Å². The normalized spacial score (nSPS) is 17.1. The number of benzene rings is 1. The van der Waals surface area contributed by atoms with Crippen LogP contribution in [0.3, 0.4) is 0 Å². The number of carbonyl (C=O) groups excluding carboxylic acids is 1. The maximum Gasteiger partial charge on any atom is 0.251 e. The number of amides is 1. The molecule has 1 amide bonds. The van der Waals surface area contributed by atoms with Gasteiger partial charge in [0.2, 0.25) is 10.0 Å². The zero-order valence-corrected chi connectivity index (χ0v) is 13.8. The van der Waals surface area contributed by atoms with Gasteiger partial charge in [-0.15, -0.1) is 0 Å². The van der Waals surface area contributed by atoms with Gasteiger partial charge in [-0.3, -0.25) is 4.79 Å². The van der Waals surface area contributed by atoms with Gasteiger partial charge in [-0.05, 0) is 53.7 Å². The molecule has 1 atom stereocenters. The predicted octanol–water partition coefficient (Wildman–Crippen LogP) is 2.15. The van der Waals surface area contributed by atoms with Crippen LogP contribution < -0.4 is 10.5 Å². The first-order valence-electron chi connectivity index (χ1n) is 6.53. The molecule has 21 heavy (non-hydrogen) atoms. The molecule has 1 aliphatic carbocycles. The molecule has 0 aliphatic heterocycles. The molecule has 5 nitrogen and oxygen atoms in total. The average Bonchev–Trinajstić information content (AvgIpc) is 2.28. The van der Waals surface area contributed by atoms with Crippen molar-refractivity contribution in [3.05, 3.63) is 28.0 Å². The zero-order valence-electron chi connectivity index (χ0n) is 11.4. The van der Waals surface area contributed by atoms with E-state index in [9.17, 15) is 17.6 Å². The molecule has 0 aromatic heterocycles. The van der Waals surface area contributed by atoms with E-state index < -0.39 is 26.6 Å². The van der Waals surface area contributed by atoms with Gasteiger partial charge in [-0.1, -0.05) is 6.42 Å². The van der Waals surface area contributed by atoms with Gasteiger partial charge in [0.15, 0.2) is 0 Å². The number of hydrogen-bond donors (Lipinski definition) is 2. The summed E-state index contributed by atoms with van der Waals surface area (Å²) in [5.41, 5.74) is -0.0640. The Kier molecular flexibility index (Phi) is 4.69. The second-order valence-electron chi connectivity index (χ2n) is 5.27. The largest absolute Gasteiger partial charge is 0.349 e. The highest BCUT2D eigenvalue weighted by molar-refractivity contribution is 9.10. The van der Waals surface area contributed by atoms with E-state index in [4.69, 9.17) is 5.14 Å². The lowest BCUT2D eigenvalue weighted by Crippen LogP contribution is -2.40. The smallest absolute Gasteiger partial charge is 0.251 e. The van der Waals surface area contributed by atoms with Crippen molar-refractivity contribution in [1.82, 2.24) is 5.32 Å². The van der Waals surface area contributed by atoms with E-state index in [-0.39, 0.29) is 16.1 Å². The summed E-state index contributed by atoms with van der Waals surface area (Å²) in [5.74, 6) is -0.930. The topological polar surface area (TPSA) is 89.3 Å². The Labute approximate surface area is 131 Å². The van der Waals surface area contributed by atoms with Crippen molar-refractivity contribution in [3.63, 3.8) is 0 Å². The highest BCUT2D eigenvalue weighted by Gasteiger charge is 2.26. The highest BCUT2D eigenvalue weighted by atomic mass is 79.9. The van der Waals surface area contributed by atoms with Crippen LogP contribution in [0.1, 0.15) is 36.5 Å². The molecule has 0 saturated heterocycles. The lowest BCUT2D eigenvalue weighted by Gasteiger charge is -2.31. The van der Waals surface area contributed by atoms with Crippen molar-refractivity contribution in [1.29, 1.82) is 0 Å². The minimum atomic E-state index is -4.12. The number of nitrogens with one attached hydrogen (secondary N) is 1. The third-order valence-corrected chi connectivity index (χ3v) is 5.78. The summed E-state index contributed by atoms with van der Waals surface area (Å²) in [5, 5.41) is 7.79. The molecule has 2 rings (SSSR count). The second kappa shape index (κ2) is 6.02. The second-order valence-corrected chi connectivity index (χ2v) is 7.59. The van der Waals surface area contributed by atoms with E-state index in [1.54, 1.807) is 0 Å². The lowest BCUT2D eigenvalue weighted by molar-refractivity contribution is 0.0908. The highest BCUT2D eigenvalue weighted by Crippen LogP contribution is 2.30. The Bertz CT molecular complexity index is 674. The number of primary sulfonamides is 1. The van der Waals surface area contributed by atoms with Crippen LogP contribution in [-0.4, -0.2) is 20.4 Å². The molecule has 1 saturated carbocycles. The minimum absolute atomic E-state index is 0.0316. The Hall–Kier alpha value is -0.990. The maximum atomic E-state index is 13.8. The molecule has 116 valence electrons. The van der Waals surface area contributed by atoms with E-state index >= 15 is 0 Å². The van der Waals surface area contributed by atoms with E-state index in [0.29, 0.717) is 5.92 Å². The first kappa shape index (κ1) is 16.4. The van der Waals surface area contributed by atoms with Crippen molar-refractivity contribution in [2.24, 2.45) is 11.1 Å². The van der Waals surface area contributed by atoms with Crippen LogP contribution in [-0.2, 0) is 10.0 Å². The molecule has 0 spiro atoms. The van der Waals surface area contributed by atoms with E-state index in [1.165, 1.54) is 0 Å². The molecule has 8 heteroatoms. The summed E-state index contributed by atoms with van der Waals surface area (Å²) in [6, 6.07) is 2.03.